The predicted molar refractivity (Wildman–Crippen MR) is 126 cm³/mol. The maximum absolute atomic E-state index is 13.2. The maximum Gasteiger partial charge on any atom is 0.261 e. The molecule has 0 fully saturated rings. The van der Waals surface area contributed by atoms with Crippen LogP contribution in [0.5, 0.6) is 5.75 Å². The van der Waals surface area contributed by atoms with E-state index < -0.39 is 6.04 Å². The molecule has 2 aromatic carbocycles. The Morgan fingerprint density at radius 1 is 1.06 bits per heavy atom. The first-order valence-electron chi connectivity index (χ1n) is 10.5. The maximum atomic E-state index is 13.2. The minimum atomic E-state index is -0.658. The molecule has 0 aliphatic rings. The molecule has 0 heterocycles. The van der Waals surface area contributed by atoms with E-state index in [4.69, 9.17) is 27.9 Å². The fourth-order valence-electron chi connectivity index (χ4n) is 3.17. The summed E-state index contributed by atoms with van der Waals surface area (Å²) in [5.74, 6) is 0.0930. The van der Waals surface area contributed by atoms with Gasteiger partial charge in [0.15, 0.2) is 6.61 Å². The van der Waals surface area contributed by atoms with E-state index >= 15 is 0 Å². The molecule has 0 saturated carbocycles. The lowest BCUT2D eigenvalue weighted by atomic mass is 10.1. The van der Waals surface area contributed by atoms with Crippen molar-refractivity contribution >= 4 is 35.0 Å². The number of amides is 2. The monoisotopic (exact) mass is 464 g/mol. The zero-order chi connectivity index (χ0) is 23.0. The fraction of sp³-hybridized carbons (Fsp3) is 0.417. The third-order valence-corrected chi connectivity index (χ3v) is 5.87. The van der Waals surface area contributed by atoms with Crippen molar-refractivity contribution in [2.45, 2.75) is 53.1 Å². The van der Waals surface area contributed by atoms with Gasteiger partial charge < -0.3 is 15.0 Å². The summed E-state index contributed by atoms with van der Waals surface area (Å²) < 4.78 is 5.75. The Morgan fingerprint density at radius 2 is 1.74 bits per heavy atom. The molecule has 0 bridgehead atoms. The molecule has 0 aromatic heterocycles. The van der Waals surface area contributed by atoms with Gasteiger partial charge in [-0.1, -0.05) is 49.2 Å². The molecule has 0 spiro atoms. The van der Waals surface area contributed by atoms with Crippen LogP contribution in [0.25, 0.3) is 0 Å². The summed E-state index contributed by atoms with van der Waals surface area (Å²) in [5, 5.41) is 3.78. The first kappa shape index (κ1) is 25.0. The molecule has 1 unspecified atom stereocenters. The third-order valence-electron chi connectivity index (χ3n) is 5.17. The average molecular weight is 465 g/mol. The van der Waals surface area contributed by atoms with Crippen LogP contribution in [-0.4, -0.2) is 35.9 Å². The lowest BCUT2D eigenvalue weighted by Crippen LogP contribution is -2.50. The topological polar surface area (TPSA) is 58.6 Å². The molecular weight excluding hydrogens is 435 g/mol. The van der Waals surface area contributed by atoms with Gasteiger partial charge in [0.05, 0.1) is 0 Å². The predicted octanol–water partition coefficient (Wildman–Crippen LogP) is 5.32. The van der Waals surface area contributed by atoms with Crippen LogP contribution in [-0.2, 0) is 16.1 Å². The molecule has 0 aliphatic carbocycles. The Kier molecular flexibility index (Phi) is 9.66. The Hall–Kier alpha value is -2.24. The number of benzene rings is 2. The van der Waals surface area contributed by atoms with Gasteiger partial charge in [0.25, 0.3) is 5.91 Å². The number of carbonyl (C=O) groups excluding carboxylic acids is 2. The average Bonchev–Trinajstić information content (AvgIpc) is 2.74. The first-order chi connectivity index (χ1) is 14.8. The molecule has 2 rings (SSSR count). The second-order valence-corrected chi connectivity index (χ2v) is 8.29. The Morgan fingerprint density at radius 3 is 2.32 bits per heavy atom. The summed E-state index contributed by atoms with van der Waals surface area (Å²) in [5.41, 5.74) is 2.83. The summed E-state index contributed by atoms with van der Waals surface area (Å²) in [6, 6.07) is 10.2. The lowest BCUT2D eigenvalue weighted by molar-refractivity contribution is -0.143. The van der Waals surface area contributed by atoms with Crippen molar-refractivity contribution in [2.75, 3.05) is 13.2 Å². The van der Waals surface area contributed by atoms with E-state index in [-0.39, 0.29) is 25.0 Å². The minimum absolute atomic E-state index is 0.117. The minimum Gasteiger partial charge on any atom is -0.484 e. The number of halogens is 2. The van der Waals surface area contributed by atoms with E-state index in [0.29, 0.717) is 34.3 Å². The molecule has 2 amide bonds. The highest BCUT2D eigenvalue weighted by Gasteiger charge is 2.29. The summed E-state index contributed by atoms with van der Waals surface area (Å²) in [6.07, 6.45) is 1.26. The lowest BCUT2D eigenvalue weighted by Gasteiger charge is -2.31. The van der Waals surface area contributed by atoms with Gasteiger partial charge in [-0.15, -0.1) is 0 Å². The van der Waals surface area contributed by atoms with Gasteiger partial charge in [-0.2, -0.15) is 0 Å². The zero-order valence-electron chi connectivity index (χ0n) is 18.5. The molecule has 0 radical (unpaired) electrons. The van der Waals surface area contributed by atoms with Crippen LogP contribution >= 0.6 is 23.2 Å². The highest BCUT2D eigenvalue weighted by Crippen LogP contribution is 2.27. The number of carbonyl (C=O) groups is 2. The molecule has 7 heteroatoms. The number of hydrogen-bond acceptors (Lipinski definition) is 3. The van der Waals surface area contributed by atoms with E-state index in [0.717, 1.165) is 17.5 Å². The summed E-state index contributed by atoms with van der Waals surface area (Å²) >= 11 is 12.7. The molecule has 2 aromatic rings. The van der Waals surface area contributed by atoms with Gasteiger partial charge in [0.2, 0.25) is 5.91 Å². The van der Waals surface area contributed by atoms with Crippen molar-refractivity contribution in [1.29, 1.82) is 0 Å². The fourth-order valence-corrected chi connectivity index (χ4v) is 3.69. The summed E-state index contributed by atoms with van der Waals surface area (Å²) in [4.78, 5) is 27.5. The van der Waals surface area contributed by atoms with Crippen LogP contribution < -0.4 is 10.1 Å². The smallest absolute Gasteiger partial charge is 0.261 e. The number of ether oxygens (including phenoxy) is 1. The zero-order valence-corrected chi connectivity index (χ0v) is 20.0. The molecule has 1 atom stereocenters. The van der Waals surface area contributed by atoms with Gasteiger partial charge in [0, 0.05) is 28.7 Å². The van der Waals surface area contributed by atoms with Crippen LogP contribution in [0.15, 0.2) is 36.4 Å². The molecule has 1 N–H and O–H groups in total. The van der Waals surface area contributed by atoms with Crippen LogP contribution in [0.3, 0.4) is 0 Å². The molecule has 0 aliphatic heterocycles. The molecule has 5 nitrogen and oxygen atoms in total. The van der Waals surface area contributed by atoms with Crippen molar-refractivity contribution in [1.82, 2.24) is 10.2 Å². The quantitative estimate of drug-likeness (QED) is 0.517. The molecule has 31 heavy (non-hydrogen) atoms. The van der Waals surface area contributed by atoms with Crippen molar-refractivity contribution in [3.63, 3.8) is 0 Å². The van der Waals surface area contributed by atoms with Gasteiger partial charge in [-0.3, -0.25) is 9.59 Å². The van der Waals surface area contributed by atoms with E-state index in [9.17, 15) is 9.59 Å². The highest BCUT2D eigenvalue weighted by molar-refractivity contribution is 6.36. The molecule has 168 valence electrons. The number of aryl methyl sites for hydroxylation is 2. The third kappa shape index (κ3) is 6.88. The molecular formula is C24H30Cl2N2O3. The summed E-state index contributed by atoms with van der Waals surface area (Å²) in [7, 11) is 0. The van der Waals surface area contributed by atoms with Crippen molar-refractivity contribution < 1.29 is 14.3 Å². The number of nitrogens with zero attached hydrogens (tertiary/aromatic N) is 1. The first-order valence-corrected chi connectivity index (χ1v) is 11.2. The van der Waals surface area contributed by atoms with Crippen LogP contribution in [0.2, 0.25) is 10.0 Å². The number of nitrogens with one attached hydrogen (secondary N) is 1. The second-order valence-electron chi connectivity index (χ2n) is 7.47. The Balaban J connectivity index is 2.27. The SMILES string of the molecule is CCCNC(=O)C(CC)N(Cc1c(Cl)cccc1Cl)C(=O)COc1ccc(C)c(C)c1. The van der Waals surface area contributed by atoms with Crippen molar-refractivity contribution in [3.8, 4) is 5.75 Å². The largest absolute Gasteiger partial charge is 0.484 e. The van der Waals surface area contributed by atoms with Crippen molar-refractivity contribution in [3.05, 3.63) is 63.1 Å². The standard InChI is InChI=1S/C24H30Cl2N2O3/c1-5-12-27-24(30)22(6-2)28(14-19-20(25)8-7-9-21(19)26)23(29)15-31-18-11-10-16(3)17(4)13-18/h7-11,13,22H,5-6,12,14-15H2,1-4H3,(H,27,30). The van der Waals surface area contributed by atoms with E-state index in [1.807, 2.05) is 45.9 Å². The van der Waals surface area contributed by atoms with E-state index in [1.54, 1.807) is 18.2 Å². The Bertz CT molecular complexity index is 897. The Labute approximate surface area is 194 Å². The van der Waals surface area contributed by atoms with Crippen LogP contribution in [0.4, 0.5) is 0 Å². The van der Waals surface area contributed by atoms with Crippen molar-refractivity contribution in [2.24, 2.45) is 0 Å². The van der Waals surface area contributed by atoms with Gasteiger partial charge in [-0.05, 0) is 62.1 Å². The van der Waals surface area contributed by atoms with E-state index in [2.05, 4.69) is 5.32 Å². The number of hydrogen-bond donors (Lipinski definition) is 1. The second kappa shape index (κ2) is 12.0. The summed E-state index contributed by atoms with van der Waals surface area (Å²) in [6.45, 7) is 8.32. The van der Waals surface area contributed by atoms with Crippen LogP contribution in [0, 0.1) is 13.8 Å². The highest BCUT2D eigenvalue weighted by atomic mass is 35.5. The van der Waals surface area contributed by atoms with Gasteiger partial charge in [0.1, 0.15) is 11.8 Å². The van der Waals surface area contributed by atoms with Crippen LogP contribution in [0.1, 0.15) is 43.4 Å². The van der Waals surface area contributed by atoms with Gasteiger partial charge >= 0.3 is 0 Å². The van der Waals surface area contributed by atoms with E-state index in [1.165, 1.54) is 4.90 Å². The molecule has 0 saturated heterocycles. The number of rotatable bonds is 10. The van der Waals surface area contributed by atoms with Gasteiger partial charge in [-0.25, -0.2) is 0 Å². The normalized spacial score (nSPS) is 11.7.